The Hall–Kier alpha value is -2.35. The van der Waals surface area contributed by atoms with E-state index in [4.69, 9.17) is 0 Å². The zero-order valence-corrected chi connectivity index (χ0v) is 13.5. The third-order valence-electron chi connectivity index (χ3n) is 3.90. The summed E-state index contributed by atoms with van der Waals surface area (Å²) < 4.78 is 7.03. The molecule has 2 heterocycles. The molecule has 0 atom stereocenters. The highest BCUT2D eigenvalue weighted by Gasteiger charge is 2.25. The van der Waals surface area contributed by atoms with Crippen LogP contribution in [-0.4, -0.2) is 59.0 Å². The van der Waals surface area contributed by atoms with Crippen molar-refractivity contribution in [3.63, 3.8) is 0 Å². The number of ether oxygens (including phenoxy) is 1. The van der Waals surface area contributed by atoms with Crippen molar-refractivity contribution < 1.29 is 14.3 Å². The number of aromatic nitrogens is 1. The summed E-state index contributed by atoms with van der Waals surface area (Å²) in [6.07, 6.45) is -0.377. The molecule has 0 bridgehead atoms. The molecule has 7 nitrogen and oxygen atoms in total. The average molecular weight is 335 g/mol. The van der Waals surface area contributed by atoms with Crippen LogP contribution in [0.2, 0.25) is 0 Å². The lowest BCUT2D eigenvalue weighted by molar-refractivity contribution is -0.133. The van der Waals surface area contributed by atoms with Gasteiger partial charge in [-0.3, -0.25) is 13.5 Å². The average Bonchev–Trinajstić information content (AvgIpc) is 2.90. The van der Waals surface area contributed by atoms with Crippen LogP contribution < -0.4 is 5.56 Å². The Morgan fingerprint density at radius 1 is 1.13 bits per heavy atom. The van der Waals surface area contributed by atoms with Crippen LogP contribution in [0.25, 0.3) is 10.1 Å². The molecule has 0 unspecified atom stereocenters. The molecule has 1 aliphatic rings. The van der Waals surface area contributed by atoms with Gasteiger partial charge in [0.05, 0.1) is 17.2 Å². The first-order valence-electron chi connectivity index (χ1n) is 7.29. The van der Waals surface area contributed by atoms with Crippen LogP contribution in [0, 0.1) is 0 Å². The van der Waals surface area contributed by atoms with E-state index in [1.807, 2.05) is 18.2 Å². The molecule has 23 heavy (non-hydrogen) atoms. The van der Waals surface area contributed by atoms with Crippen molar-refractivity contribution in [3.05, 3.63) is 34.6 Å². The highest BCUT2D eigenvalue weighted by molar-refractivity contribution is 7.13. The zero-order valence-electron chi connectivity index (χ0n) is 12.7. The predicted octanol–water partition coefficient (Wildman–Crippen LogP) is 0.974. The fraction of sp³-hybridized carbons (Fsp3) is 0.400. The maximum atomic E-state index is 12.4. The van der Waals surface area contributed by atoms with E-state index in [0.29, 0.717) is 31.6 Å². The molecular weight excluding hydrogens is 318 g/mol. The lowest BCUT2D eigenvalue weighted by Gasteiger charge is -2.33. The van der Waals surface area contributed by atoms with E-state index in [2.05, 4.69) is 4.74 Å². The number of benzene rings is 1. The molecule has 2 amide bonds. The lowest BCUT2D eigenvalue weighted by atomic mass is 10.3. The van der Waals surface area contributed by atoms with Gasteiger partial charge in [-0.2, -0.15) is 0 Å². The van der Waals surface area contributed by atoms with Crippen LogP contribution in [0.15, 0.2) is 29.1 Å². The molecular formula is C15H17N3O4S. The number of carbonyl (C=O) groups is 2. The number of rotatable bonds is 2. The van der Waals surface area contributed by atoms with Gasteiger partial charge in [0.25, 0.3) is 5.56 Å². The fourth-order valence-corrected chi connectivity index (χ4v) is 3.60. The molecule has 1 aromatic heterocycles. The maximum Gasteiger partial charge on any atom is 0.409 e. The minimum atomic E-state index is -0.377. The topological polar surface area (TPSA) is 71.8 Å². The van der Waals surface area contributed by atoms with Crippen molar-refractivity contribution in [2.75, 3.05) is 33.3 Å². The molecule has 0 N–H and O–H groups in total. The van der Waals surface area contributed by atoms with Gasteiger partial charge in [0.2, 0.25) is 5.91 Å². The summed E-state index contributed by atoms with van der Waals surface area (Å²) in [6.45, 7) is 1.83. The number of amides is 2. The summed E-state index contributed by atoms with van der Waals surface area (Å²) in [5.41, 5.74) is -0.132. The van der Waals surface area contributed by atoms with Crippen molar-refractivity contribution in [1.29, 1.82) is 0 Å². The molecule has 1 aromatic carbocycles. The monoisotopic (exact) mass is 335 g/mol. The van der Waals surface area contributed by atoms with E-state index in [9.17, 15) is 14.4 Å². The number of hydrogen-bond acceptors (Lipinski definition) is 5. The Kier molecular flexibility index (Phi) is 4.33. The van der Waals surface area contributed by atoms with Crippen LogP contribution in [0.5, 0.6) is 0 Å². The Labute approximate surface area is 136 Å². The highest BCUT2D eigenvalue weighted by atomic mass is 32.1. The van der Waals surface area contributed by atoms with Crippen LogP contribution in [-0.2, 0) is 16.1 Å². The summed E-state index contributed by atoms with van der Waals surface area (Å²) in [5, 5.41) is 0.640. The Morgan fingerprint density at radius 2 is 1.78 bits per heavy atom. The maximum absolute atomic E-state index is 12.4. The Balaban J connectivity index is 1.66. The number of nitrogens with zero attached hydrogens (tertiary/aromatic N) is 3. The third-order valence-corrected chi connectivity index (χ3v) is 4.96. The second kappa shape index (κ2) is 6.41. The summed E-state index contributed by atoms with van der Waals surface area (Å²) in [5.74, 6) is -0.108. The van der Waals surface area contributed by atoms with E-state index in [-0.39, 0.29) is 24.1 Å². The quantitative estimate of drug-likeness (QED) is 0.820. The van der Waals surface area contributed by atoms with Crippen molar-refractivity contribution in [3.8, 4) is 0 Å². The summed E-state index contributed by atoms with van der Waals surface area (Å²) in [6, 6.07) is 7.33. The molecule has 0 aliphatic carbocycles. The fourth-order valence-electron chi connectivity index (χ4n) is 2.61. The van der Waals surface area contributed by atoms with E-state index >= 15 is 0 Å². The van der Waals surface area contributed by atoms with Gasteiger partial charge in [0.1, 0.15) is 6.54 Å². The van der Waals surface area contributed by atoms with E-state index < -0.39 is 0 Å². The Bertz CT molecular complexity index is 789. The highest BCUT2D eigenvalue weighted by Crippen LogP contribution is 2.16. The molecule has 1 fully saturated rings. The normalized spacial score (nSPS) is 15.0. The number of hydrogen-bond donors (Lipinski definition) is 0. The van der Waals surface area contributed by atoms with Gasteiger partial charge in [-0.15, -0.1) is 0 Å². The second-order valence-electron chi connectivity index (χ2n) is 5.27. The third kappa shape index (κ3) is 3.07. The van der Waals surface area contributed by atoms with Crippen molar-refractivity contribution in [2.24, 2.45) is 0 Å². The number of carbonyl (C=O) groups excluding carboxylic acids is 2. The molecule has 122 valence electrons. The van der Waals surface area contributed by atoms with Crippen LogP contribution in [0.1, 0.15) is 0 Å². The number of piperazine rings is 1. The van der Waals surface area contributed by atoms with E-state index in [0.717, 1.165) is 4.70 Å². The van der Waals surface area contributed by atoms with Gasteiger partial charge >= 0.3 is 6.09 Å². The predicted molar refractivity (Wildman–Crippen MR) is 86.6 cm³/mol. The van der Waals surface area contributed by atoms with Gasteiger partial charge in [-0.25, -0.2) is 4.79 Å². The SMILES string of the molecule is COC(=O)N1CCN(C(=O)Cn2sc3ccccc3c2=O)CC1. The molecule has 0 saturated carbocycles. The Morgan fingerprint density at radius 3 is 2.43 bits per heavy atom. The minimum Gasteiger partial charge on any atom is -0.453 e. The van der Waals surface area contributed by atoms with Crippen LogP contribution in [0.4, 0.5) is 4.79 Å². The first-order chi connectivity index (χ1) is 11.1. The largest absolute Gasteiger partial charge is 0.453 e. The molecule has 1 saturated heterocycles. The zero-order chi connectivity index (χ0) is 16.4. The first kappa shape index (κ1) is 15.5. The van der Waals surface area contributed by atoms with Gasteiger partial charge < -0.3 is 14.5 Å². The number of methoxy groups -OCH3 is 1. The van der Waals surface area contributed by atoms with Gasteiger partial charge in [-0.1, -0.05) is 23.7 Å². The molecule has 2 aromatic rings. The van der Waals surface area contributed by atoms with E-state index in [1.165, 1.54) is 22.6 Å². The molecule has 3 rings (SSSR count). The van der Waals surface area contributed by atoms with Crippen molar-refractivity contribution >= 4 is 33.6 Å². The van der Waals surface area contributed by atoms with Crippen molar-refractivity contribution in [2.45, 2.75) is 6.54 Å². The van der Waals surface area contributed by atoms with E-state index in [1.54, 1.807) is 15.9 Å². The van der Waals surface area contributed by atoms with Gasteiger partial charge in [0, 0.05) is 26.2 Å². The second-order valence-corrected chi connectivity index (χ2v) is 6.33. The summed E-state index contributed by atoms with van der Waals surface area (Å²) in [4.78, 5) is 39.3. The minimum absolute atomic E-state index is 0.0381. The summed E-state index contributed by atoms with van der Waals surface area (Å²) >= 11 is 1.30. The van der Waals surface area contributed by atoms with Gasteiger partial charge in [-0.05, 0) is 12.1 Å². The summed E-state index contributed by atoms with van der Waals surface area (Å²) in [7, 11) is 1.34. The lowest BCUT2D eigenvalue weighted by Crippen LogP contribution is -2.51. The standard InChI is InChI=1S/C15H17N3O4S/c1-22-15(21)17-8-6-16(7-9-17)13(19)10-18-14(20)11-4-2-3-5-12(11)23-18/h2-5H,6-10H2,1H3. The van der Waals surface area contributed by atoms with Crippen LogP contribution in [0.3, 0.4) is 0 Å². The molecule has 0 spiro atoms. The molecule has 0 radical (unpaired) electrons. The molecule has 8 heteroatoms. The molecule has 1 aliphatic heterocycles. The van der Waals surface area contributed by atoms with Gasteiger partial charge in [0.15, 0.2) is 0 Å². The van der Waals surface area contributed by atoms with Crippen molar-refractivity contribution in [1.82, 2.24) is 13.8 Å². The number of fused-ring (bicyclic) bond motifs is 1. The smallest absolute Gasteiger partial charge is 0.409 e. The first-order valence-corrected chi connectivity index (χ1v) is 8.07. The van der Waals surface area contributed by atoms with Crippen LogP contribution >= 0.6 is 11.5 Å².